The van der Waals surface area contributed by atoms with Gasteiger partial charge in [-0.25, -0.2) is 9.78 Å². The van der Waals surface area contributed by atoms with E-state index in [0.29, 0.717) is 31.5 Å². The summed E-state index contributed by atoms with van der Waals surface area (Å²) < 4.78 is 0. The number of thioether (sulfide) groups is 1. The molecule has 0 aromatic carbocycles. The van der Waals surface area contributed by atoms with Crippen molar-refractivity contribution in [1.82, 2.24) is 25.5 Å². The maximum Gasteiger partial charge on any atom is 0.326 e. The van der Waals surface area contributed by atoms with Crippen LogP contribution in [0.15, 0.2) is 12.5 Å². The Labute approximate surface area is 184 Å². The second kappa shape index (κ2) is 11.7. The molecule has 1 fully saturated rings. The fourth-order valence-electron chi connectivity index (χ4n) is 3.37. The van der Waals surface area contributed by atoms with Crippen LogP contribution in [0.25, 0.3) is 0 Å². The molecule has 4 unspecified atom stereocenters. The van der Waals surface area contributed by atoms with Crippen LogP contribution in [0.3, 0.4) is 0 Å². The Hall–Kier alpha value is -2.60. The van der Waals surface area contributed by atoms with Crippen LogP contribution in [0, 0.1) is 0 Å². The van der Waals surface area contributed by atoms with E-state index in [4.69, 9.17) is 5.73 Å². The summed E-state index contributed by atoms with van der Waals surface area (Å²) in [6, 6.07) is -3.51. The van der Waals surface area contributed by atoms with Gasteiger partial charge in [-0.3, -0.25) is 14.4 Å². The van der Waals surface area contributed by atoms with Crippen molar-refractivity contribution in [2.24, 2.45) is 5.73 Å². The lowest BCUT2D eigenvalue weighted by Gasteiger charge is -2.27. The number of carboxylic acid groups (broad SMARTS) is 1. The molecule has 0 radical (unpaired) electrons. The number of carboxylic acids is 1. The van der Waals surface area contributed by atoms with Crippen molar-refractivity contribution in [3.8, 4) is 0 Å². The lowest BCUT2D eigenvalue weighted by atomic mass is 10.1. The number of aromatic amines is 1. The number of rotatable bonds is 11. The topological polar surface area (TPSA) is 171 Å². The first-order chi connectivity index (χ1) is 14.7. The average molecular weight is 455 g/mol. The monoisotopic (exact) mass is 454 g/mol. The van der Waals surface area contributed by atoms with Crippen molar-refractivity contribution >= 4 is 35.5 Å². The molecule has 1 aliphatic heterocycles. The Balaban J connectivity index is 1.92. The number of nitrogens with two attached hydrogens (primary N) is 1. The molecule has 172 valence electrons. The summed E-state index contributed by atoms with van der Waals surface area (Å²) in [5.41, 5.74) is 6.53. The van der Waals surface area contributed by atoms with Gasteiger partial charge in [0, 0.05) is 24.9 Å². The van der Waals surface area contributed by atoms with Crippen LogP contribution >= 0.6 is 11.8 Å². The molecule has 6 N–H and O–H groups in total. The molecule has 2 heterocycles. The number of nitrogens with one attached hydrogen (secondary N) is 3. The summed E-state index contributed by atoms with van der Waals surface area (Å²) in [6.07, 6.45) is 6.53. The van der Waals surface area contributed by atoms with Crippen LogP contribution in [-0.2, 0) is 25.6 Å². The predicted molar refractivity (Wildman–Crippen MR) is 115 cm³/mol. The van der Waals surface area contributed by atoms with Crippen molar-refractivity contribution in [3.63, 3.8) is 0 Å². The fourth-order valence-corrected chi connectivity index (χ4v) is 3.86. The second-order valence-corrected chi connectivity index (χ2v) is 8.47. The molecular formula is C19H30N6O5S. The molecule has 1 aromatic rings. The summed E-state index contributed by atoms with van der Waals surface area (Å²) in [5, 5.41) is 14.4. The van der Waals surface area contributed by atoms with Gasteiger partial charge in [0.15, 0.2) is 0 Å². The number of aliphatic carboxylic acids is 1. The minimum Gasteiger partial charge on any atom is -0.480 e. The van der Waals surface area contributed by atoms with Gasteiger partial charge in [0.05, 0.1) is 12.4 Å². The van der Waals surface area contributed by atoms with Crippen LogP contribution < -0.4 is 16.4 Å². The molecule has 4 atom stereocenters. The zero-order chi connectivity index (χ0) is 23.0. The smallest absolute Gasteiger partial charge is 0.326 e. The molecule has 11 nitrogen and oxygen atoms in total. The predicted octanol–water partition coefficient (Wildman–Crippen LogP) is -0.902. The van der Waals surface area contributed by atoms with Crippen molar-refractivity contribution in [2.75, 3.05) is 18.6 Å². The molecule has 3 amide bonds. The lowest BCUT2D eigenvalue weighted by molar-refractivity contribution is -0.143. The van der Waals surface area contributed by atoms with Gasteiger partial charge in [0.25, 0.3) is 0 Å². The Kier molecular flexibility index (Phi) is 9.31. The first-order valence-corrected chi connectivity index (χ1v) is 11.5. The van der Waals surface area contributed by atoms with Gasteiger partial charge in [-0.15, -0.1) is 0 Å². The second-order valence-electron chi connectivity index (χ2n) is 7.49. The van der Waals surface area contributed by atoms with Crippen LogP contribution in [-0.4, -0.2) is 86.4 Å². The number of imidazole rings is 1. The van der Waals surface area contributed by atoms with Gasteiger partial charge >= 0.3 is 5.97 Å². The third-order valence-corrected chi connectivity index (χ3v) is 5.78. The third-order valence-electron chi connectivity index (χ3n) is 5.13. The van der Waals surface area contributed by atoms with Crippen molar-refractivity contribution in [2.45, 2.75) is 56.8 Å². The number of nitrogens with zero attached hydrogens (tertiary/aromatic N) is 2. The van der Waals surface area contributed by atoms with E-state index in [1.54, 1.807) is 11.8 Å². The number of carbonyl (C=O) groups excluding carboxylic acids is 3. The molecule has 0 saturated carbocycles. The highest BCUT2D eigenvalue weighted by Gasteiger charge is 2.37. The molecular weight excluding hydrogens is 424 g/mol. The van der Waals surface area contributed by atoms with Gasteiger partial charge in [0.1, 0.15) is 18.1 Å². The molecule has 1 aliphatic rings. The normalized spacial score (nSPS) is 18.8. The number of aromatic nitrogens is 2. The van der Waals surface area contributed by atoms with Crippen LogP contribution in [0.4, 0.5) is 0 Å². The van der Waals surface area contributed by atoms with Crippen LogP contribution in [0.1, 0.15) is 31.9 Å². The molecule has 31 heavy (non-hydrogen) atoms. The Morgan fingerprint density at radius 3 is 2.74 bits per heavy atom. The van der Waals surface area contributed by atoms with Gasteiger partial charge < -0.3 is 31.4 Å². The van der Waals surface area contributed by atoms with Gasteiger partial charge in [0.2, 0.25) is 17.7 Å². The maximum atomic E-state index is 12.7. The van der Waals surface area contributed by atoms with E-state index in [9.17, 15) is 24.3 Å². The third kappa shape index (κ3) is 6.96. The first kappa shape index (κ1) is 24.7. The molecule has 0 aliphatic carbocycles. The summed E-state index contributed by atoms with van der Waals surface area (Å²) in [5.74, 6) is -1.81. The van der Waals surface area contributed by atoms with Gasteiger partial charge in [-0.2, -0.15) is 11.8 Å². The van der Waals surface area contributed by atoms with E-state index in [1.165, 1.54) is 24.3 Å². The average Bonchev–Trinajstić information content (AvgIpc) is 3.42. The van der Waals surface area contributed by atoms with E-state index < -0.39 is 42.0 Å². The number of hydrogen-bond acceptors (Lipinski definition) is 7. The van der Waals surface area contributed by atoms with E-state index >= 15 is 0 Å². The van der Waals surface area contributed by atoms with E-state index in [2.05, 4.69) is 20.6 Å². The van der Waals surface area contributed by atoms with Crippen LogP contribution in [0.2, 0.25) is 0 Å². The first-order valence-electron chi connectivity index (χ1n) is 10.1. The highest BCUT2D eigenvalue weighted by Crippen LogP contribution is 2.19. The number of amides is 3. The van der Waals surface area contributed by atoms with E-state index in [1.807, 2.05) is 6.26 Å². The molecule has 2 rings (SSSR count). The zero-order valence-electron chi connectivity index (χ0n) is 17.7. The summed E-state index contributed by atoms with van der Waals surface area (Å²) in [6.45, 7) is 1.91. The highest BCUT2D eigenvalue weighted by molar-refractivity contribution is 7.98. The summed E-state index contributed by atoms with van der Waals surface area (Å²) in [7, 11) is 0. The minimum atomic E-state index is -1.20. The summed E-state index contributed by atoms with van der Waals surface area (Å²) >= 11 is 1.59. The molecule has 0 spiro atoms. The van der Waals surface area contributed by atoms with Gasteiger partial charge in [-0.1, -0.05) is 0 Å². The zero-order valence-corrected chi connectivity index (χ0v) is 18.5. The Morgan fingerprint density at radius 1 is 1.39 bits per heavy atom. The van der Waals surface area contributed by atoms with Crippen molar-refractivity contribution in [1.29, 1.82) is 0 Å². The number of H-pyrrole nitrogens is 1. The SMILES string of the molecule is CSCCC(N)C(=O)N1CCCC1C(=O)NC(C)C(=O)NC(Cc1cnc[nH]1)C(=O)O. The molecule has 1 saturated heterocycles. The fraction of sp³-hybridized carbons (Fsp3) is 0.632. The van der Waals surface area contributed by atoms with Crippen molar-refractivity contribution < 1.29 is 24.3 Å². The Morgan fingerprint density at radius 2 is 2.13 bits per heavy atom. The number of likely N-dealkylation sites (tertiary alicyclic amines) is 1. The lowest BCUT2D eigenvalue weighted by Crippen LogP contribution is -2.56. The van der Waals surface area contributed by atoms with Crippen molar-refractivity contribution in [3.05, 3.63) is 18.2 Å². The molecule has 12 heteroatoms. The number of carbonyl (C=O) groups is 4. The number of hydrogen-bond donors (Lipinski definition) is 5. The van der Waals surface area contributed by atoms with Gasteiger partial charge in [-0.05, 0) is 38.2 Å². The molecule has 1 aromatic heterocycles. The minimum absolute atomic E-state index is 0.0284. The Bertz CT molecular complexity index is 774. The quantitative estimate of drug-likeness (QED) is 0.286. The molecule has 0 bridgehead atoms. The summed E-state index contributed by atoms with van der Waals surface area (Å²) in [4.78, 5) is 57.4. The van der Waals surface area contributed by atoms with E-state index in [-0.39, 0.29) is 12.3 Å². The highest BCUT2D eigenvalue weighted by atomic mass is 32.2. The van der Waals surface area contributed by atoms with Crippen LogP contribution in [0.5, 0.6) is 0 Å². The largest absolute Gasteiger partial charge is 0.480 e. The maximum absolute atomic E-state index is 12.7. The standard InChI is InChI=1S/C19H30N6O5S/c1-11(16(26)24-14(19(29)30)8-12-9-21-10-22-12)23-17(27)15-4-3-6-25(15)18(28)13(20)5-7-31-2/h9-11,13-15H,3-8,20H2,1-2H3,(H,21,22)(H,23,27)(H,24,26)(H,29,30). The van der Waals surface area contributed by atoms with E-state index in [0.717, 1.165) is 5.75 Å².